The summed E-state index contributed by atoms with van der Waals surface area (Å²) in [5.41, 5.74) is 1.99. The van der Waals surface area contributed by atoms with Crippen LogP contribution in [-0.2, 0) is 6.54 Å². The Labute approximate surface area is 148 Å². The van der Waals surface area contributed by atoms with Crippen molar-refractivity contribution in [1.29, 1.82) is 0 Å². The Morgan fingerprint density at radius 1 is 1.24 bits per heavy atom. The van der Waals surface area contributed by atoms with Gasteiger partial charge < -0.3 is 10.2 Å². The normalized spacial score (nSPS) is 14.2. The third kappa shape index (κ3) is 3.32. The molecule has 0 unspecified atom stereocenters. The van der Waals surface area contributed by atoms with Crippen LogP contribution < -0.4 is 5.32 Å². The van der Waals surface area contributed by atoms with E-state index in [-0.39, 0.29) is 11.7 Å². The number of aromatic nitrogens is 2. The molecule has 0 aliphatic carbocycles. The summed E-state index contributed by atoms with van der Waals surface area (Å²) >= 11 is 1.48. The van der Waals surface area contributed by atoms with Crippen LogP contribution in [0.15, 0.2) is 35.7 Å². The minimum absolute atomic E-state index is 0.0406. The van der Waals surface area contributed by atoms with Crippen LogP contribution in [-0.4, -0.2) is 33.9 Å². The van der Waals surface area contributed by atoms with E-state index in [9.17, 15) is 9.18 Å². The van der Waals surface area contributed by atoms with Crippen molar-refractivity contribution in [3.8, 4) is 0 Å². The van der Waals surface area contributed by atoms with Gasteiger partial charge in [-0.1, -0.05) is 12.1 Å². The quantitative estimate of drug-likeness (QED) is 0.775. The molecule has 1 saturated heterocycles. The third-order valence-electron chi connectivity index (χ3n) is 4.24. The maximum Gasteiger partial charge on any atom is 0.274 e. The fourth-order valence-corrected chi connectivity index (χ4v) is 3.80. The lowest BCUT2D eigenvalue weighted by molar-refractivity contribution is 0.0789. The number of amides is 1. The molecule has 1 aliphatic heterocycles. The predicted octanol–water partition coefficient (Wildman–Crippen LogP) is 3.68. The molecule has 0 saturated carbocycles. The molecular formula is C18H17FN4OS. The maximum atomic E-state index is 13.3. The summed E-state index contributed by atoms with van der Waals surface area (Å²) in [6, 6.07) is 8.25. The lowest BCUT2D eigenvalue weighted by Gasteiger charge is -2.15. The number of nitrogens with one attached hydrogen (secondary N) is 1. The van der Waals surface area contributed by atoms with E-state index in [1.165, 1.54) is 23.5 Å². The molecule has 128 valence electrons. The van der Waals surface area contributed by atoms with Crippen molar-refractivity contribution in [2.75, 3.05) is 18.4 Å². The van der Waals surface area contributed by atoms with E-state index >= 15 is 0 Å². The zero-order valence-electron chi connectivity index (χ0n) is 13.5. The minimum Gasteiger partial charge on any atom is -0.350 e. The standard InChI is InChI=1S/C18H17FN4OS/c19-13-5-3-4-12(10-13)11-20-18-21-14-6-9-25-16(14)15(22-18)17(24)23-7-1-2-8-23/h3-6,9-10H,1-2,7-8,11H2,(H,20,21,22). The molecular weight excluding hydrogens is 339 g/mol. The fourth-order valence-electron chi connectivity index (χ4n) is 2.99. The van der Waals surface area contributed by atoms with E-state index in [1.54, 1.807) is 6.07 Å². The van der Waals surface area contributed by atoms with Gasteiger partial charge in [0.25, 0.3) is 5.91 Å². The Bertz CT molecular complexity index is 920. The highest BCUT2D eigenvalue weighted by molar-refractivity contribution is 7.17. The number of benzene rings is 1. The minimum atomic E-state index is -0.279. The van der Waals surface area contributed by atoms with Gasteiger partial charge in [-0.05, 0) is 42.0 Å². The van der Waals surface area contributed by atoms with Crippen LogP contribution in [0, 0.1) is 5.82 Å². The average molecular weight is 356 g/mol. The van der Waals surface area contributed by atoms with E-state index in [2.05, 4.69) is 15.3 Å². The molecule has 0 bridgehead atoms. The van der Waals surface area contributed by atoms with Gasteiger partial charge >= 0.3 is 0 Å². The first-order chi connectivity index (χ1) is 12.2. The monoisotopic (exact) mass is 356 g/mol. The van der Waals surface area contributed by atoms with Gasteiger partial charge in [0.05, 0.1) is 10.2 Å². The van der Waals surface area contributed by atoms with Crippen molar-refractivity contribution in [2.24, 2.45) is 0 Å². The summed E-state index contributed by atoms with van der Waals surface area (Å²) in [4.78, 5) is 23.6. The van der Waals surface area contributed by atoms with Crippen molar-refractivity contribution in [2.45, 2.75) is 19.4 Å². The van der Waals surface area contributed by atoms with Crippen LogP contribution in [0.5, 0.6) is 0 Å². The van der Waals surface area contributed by atoms with Crippen molar-refractivity contribution in [3.63, 3.8) is 0 Å². The number of hydrogen-bond acceptors (Lipinski definition) is 5. The number of anilines is 1. The maximum absolute atomic E-state index is 13.3. The molecule has 3 heterocycles. The second kappa shape index (κ2) is 6.76. The van der Waals surface area contributed by atoms with E-state index in [4.69, 9.17) is 0 Å². The molecule has 0 atom stereocenters. The van der Waals surface area contributed by atoms with Gasteiger partial charge in [-0.15, -0.1) is 11.3 Å². The second-order valence-corrected chi connectivity index (χ2v) is 6.93. The molecule has 5 nitrogen and oxygen atoms in total. The summed E-state index contributed by atoms with van der Waals surface area (Å²) in [5, 5.41) is 5.01. The van der Waals surface area contributed by atoms with Crippen LogP contribution in [0.25, 0.3) is 10.2 Å². The Balaban J connectivity index is 1.62. The van der Waals surface area contributed by atoms with Gasteiger partial charge in [0.1, 0.15) is 5.82 Å². The fraction of sp³-hybridized carbons (Fsp3) is 0.278. The lowest BCUT2D eigenvalue weighted by atomic mass is 10.2. The molecule has 0 spiro atoms. The Morgan fingerprint density at radius 3 is 2.88 bits per heavy atom. The van der Waals surface area contributed by atoms with E-state index in [0.717, 1.165) is 41.7 Å². The van der Waals surface area contributed by atoms with Crippen molar-refractivity contribution in [1.82, 2.24) is 14.9 Å². The summed E-state index contributed by atoms with van der Waals surface area (Å²) < 4.78 is 14.1. The number of carbonyl (C=O) groups is 1. The molecule has 2 aromatic heterocycles. The first kappa shape index (κ1) is 16.0. The first-order valence-corrected chi connectivity index (χ1v) is 9.11. The highest BCUT2D eigenvalue weighted by Crippen LogP contribution is 2.26. The Hall–Kier alpha value is -2.54. The highest BCUT2D eigenvalue weighted by Gasteiger charge is 2.24. The van der Waals surface area contributed by atoms with Gasteiger partial charge in [0.2, 0.25) is 5.95 Å². The first-order valence-electron chi connectivity index (χ1n) is 8.23. The van der Waals surface area contributed by atoms with Crippen LogP contribution in [0.4, 0.5) is 10.3 Å². The zero-order valence-corrected chi connectivity index (χ0v) is 14.4. The molecule has 1 N–H and O–H groups in total. The molecule has 0 radical (unpaired) electrons. The highest BCUT2D eigenvalue weighted by atomic mass is 32.1. The van der Waals surface area contributed by atoms with Crippen LogP contribution in [0.3, 0.4) is 0 Å². The van der Waals surface area contributed by atoms with Gasteiger partial charge in [-0.3, -0.25) is 4.79 Å². The Kier molecular flexibility index (Phi) is 4.31. The molecule has 4 rings (SSSR count). The van der Waals surface area contributed by atoms with Gasteiger partial charge in [-0.2, -0.15) is 0 Å². The number of carbonyl (C=O) groups excluding carboxylic acids is 1. The van der Waals surface area contributed by atoms with Crippen molar-refractivity contribution < 1.29 is 9.18 Å². The second-order valence-electron chi connectivity index (χ2n) is 6.01. The summed E-state index contributed by atoms with van der Waals surface area (Å²) in [6.45, 7) is 1.95. The SMILES string of the molecule is O=C(c1nc(NCc2cccc(F)c2)nc2ccsc12)N1CCCC1. The molecule has 7 heteroatoms. The van der Waals surface area contributed by atoms with Crippen LogP contribution in [0.2, 0.25) is 0 Å². The number of rotatable bonds is 4. The number of fused-ring (bicyclic) bond motifs is 1. The van der Waals surface area contributed by atoms with Gasteiger partial charge in [-0.25, -0.2) is 14.4 Å². The largest absolute Gasteiger partial charge is 0.350 e. The summed E-state index contributed by atoms with van der Waals surface area (Å²) in [5.74, 6) is 0.0669. The summed E-state index contributed by atoms with van der Waals surface area (Å²) in [7, 11) is 0. The molecule has 1 fully saturated rings. The summed E-state index contributed by atoms with van der Waals surface area (Å²) in [6.07, 6.45) is 2.07. The van der Waals surface area contributed by atoms with Crippen molar-refractivity contribution in [3.05, 3.63) is 52.8 Å². The Morgan fingerprint density at radius 2 is 2.08 bits per heavy atom. The topological polar surface area (TPSA) is 58.1 Å². The number of hydrogen-bond donors (Lipinski definition) is 1. The van der Waals surface area contributed by atoms with E-state index in [0.29, 0.717) is 18.2 Å². The molecule has 25 heavy (non-hydrogen) atoms. The molecule has 1 aromatic carbocycles. The molecule has 3 aromatic rings. The van der Waals surface area contributed by atoms with Crippen LogP contribution in [0.1, 0.15) is 28.9 Å². The average Bonchev–Trinajstić information content (AvgIpc) is 3.30. The smallest absolute Gasteiger partial charge is 0.274 e. The molecule has 1 aliphatic rings. The number of likely N-dealkylation sites (tertiary alicyclic amines) is 1. The van der Waals surface area contributed by atoms with Gasteiger partial charge in [0.15, 0.2) is 5.69 Å². The van der Waals surface area contributed by atoms with Crippen LogP contribution >= 0.6 is 11.3 Å². The number of thiophene rings is 1. The number of halogens is 1. The van der Waals surface area contributed by atoms with Crippen molar-refractivity contribution >= 4 is 33.4 Å². The predicted molar refractivity (Wildman–Crippen MR) is 96.3 cm³/mol. The van der Waals surface area contributed by atoms with Gasteiger partial charge in [0, 0.05) is 19.6 Å². The molecule has 1 amide bonds. The zero-order chi connectivity index (χ0) is 17.2. The van der Waals surface area contributed by atoms with E-state index < -0.39 is 0 Å². The number of nitrogens with zero attached hydrogens (tertiary/aromatic N) is 3. The third-order valence-corrected chi connectivity index (χ3v) is 5.15. The lowest BCUT2D eigenvalue weighted by Crippen LogP contribution is -2.28. The van der Waals surface area contributed by atoms with E-state index in [1.807, 2.05) is 22.4 Å².